The molecule has 7 heteroatoms. The van der Waals surface area contributed by atoms with Crippen molar-refractivity contribution in [1.29, 1.82) is 0 Å². The standard InChI is InChI=1S/C18H18ClNO4S/c1-12(2)18(21)23-10-9-22-14-4-6-15(7-5-14)25-24-17-8-3-13(20)11-16(17)19/h3-8,11H,1,9-10,20H2,2H3. The number of halogens is 1. The molecule has 0 radical (unpaired) electrons. The molecular formula is C18H18ClNO4S. The second-order valence-electron chi connectivity index (χ2n) is 5.09. The Labute approximate surface area is 155 Å². The van der Waals surface area contributed by atoms with Crippen molar-refractivity contribution in [2.24, 2.45) is 0 Å². The third kappa shape index (κ3) is 6.25. The summed E-state index contributed by atoms with van der Waals surface area (Å²) >= 11 is 7.23. The van der Waals surface area contributed by atoms with Gasteiger partial charge in [-0.25, -0.2) is 4.79 Å². The van der Waals surface area contributed by atoms with E-state index in [0.29, 0.717) is 27.8 Å². The minimum atomic E-state index is -0.422. The molecule has 0 aliphatic heterocycles. The molecule has 2 aromatic carbocycles. The van der Waals surface area contributed by atoms with E-state index in [0.717, 1.165) is 4.90 Å². The van der Waals surface area contributed by atoms with E-state index in [1.54, 1.807) is 37.3 Å². The van der Waals surface area contributed by atoms with Crippen LogP contribution in [-0.4, -0.2) is 19.2 Å². The highest BCUT2D eigenvalue weighted by atomic mass is 35.5. The topological polar surface area (TPSA) is 70.8 Å². The molecule has 2 rings (SSSR count). The van der Waals surface area contributed by atoms with Crippen LogP contribution in [-0.2, 0) is 9.53 Å². The van der Waals surface area contributed by atoms with Crippen LogP contribution in [0.25, 0.3) is 0 Å². The van der Waals surface area contributed by atoms with Crippen molar-refractivity contribution in [3.8, 4) is 11.5 Å². The Hall–Kier alpha value is -2.31. The molecule has 0 amide bonds. The van der Waals surface area contributed by atoms with Crippen LogP contribution in [0.3, 0.4) is 0 Å². The Morgan fingerprint density at radius 3 is 2.56 bits per heavy atom. The monoisotopic (exact) mass is 379 g/mol. The third-order valence-electron chi connectivity index (χ3n) is 2.94. The summed E-state index contributed by atoms with van der Waals surface area (Å²) in [6.07, 6.45) is 0. The van der Waals surface area contributed by atoms with E-state index in [1.807, 2.05) is 12.1 Å². The van der Waals surface area contributed by atoms with Gasteiger partial charge in [0.25, 0.3) is 0 Å². The summed E-state index contributed by atoms with van der Waals surface area (Å²) in [4.78, 5) is 12.1. The fourth-order valence-electron chi connectivity index (χ4n) is 1.69. The highest BCUT2D eigenvalue weighted by molar-refractivity contribution is 7.95. The molecule has 0 aliphatic carbocycles. The maximum atomic E-state index is 11.2. The number of carbonyl (C=O) groups is 1. The molecule has 5 nitrogen and oxygen atoms in total. The molecule has 0 saturated carbocycles. The van der Waals surface area contributed by atoms with Gasteiger partial charge in [-0.1, -0.05) is 18.2 Å². The van der Waals surface area contributed by atoms with Gasteiger partial charge in [0.05, 0.1) is 17.1 Å². The molecule has 2 N–H and O–H groups in total. The molecule has 0 saturated heterocycles. The number of esters is 1. The third-order valence-corrected chi connectivity index (χ3v) is 3.96. The lowest BCUT2D eigenvalue weighted by Crippen LogP contribution is -2.12. The fraction of sp³-hybridized carbons (Fsp3) is 0.167. The average Bonchev–Trinajstić information content (AvgIpc) is 2.58. The lowest BCUT2D eigenvalue weighted by molar-refractivity contribution is -0.139. The maximum Gasteiger partial charge on any atom is 0.333 e. The van der Waals surface area contributed by atoms with Crippen LogP contribution in [0.1, 0.15) is 6.92 Å². The molecule has 0 spiro atoms. The zero-order valence-corrected chi connectivity index (χ0v) is 15.2. The van der Waals surface area contributed by atoms with Gasteiger partial charge in [-0.3, -0.25) is 0 Å². The van der Waals surface area contributed by atoms with E-state index in [9.17, 15) is 4.79 Å². The lowest BCUT2D eigenvalue weighted by Gasteiger charge is -2.09. The second-order valence-corrected chi connectivity index (χ2v) is 6.30. The molecule has 2 aromatic rings. The fourth-order valence-corrected chi connectivity index (χ4v) is 2.54. The molecule has 0 aromatic heterocycles. The van der Waals surface area contributed by atoms with Crippen molar-refractivity contribution < 1.29 is 18.5 Å². The van der Waals surface area contributed by atoms with Crippen LogP contribution in [0, 0.1) is 0 Å². The first-order valence-corrected chi connectivity index (χ1v) is 8.52. The van der Waals surface area contributed by atoms with Gasteiger partial charge in [0.1, 0.15) is 19.0 Å². The van der Waals surface area contributed by atoms with Gasteiger partial charge in [-0.15, -0.1) is 0 Å². The zero-order chi connectivity index (χ0) is 18.2. The van der Waals surface area contributed by atoms with Crippen molar-refractivity contribution in [2.75, 3.05) is 18.9 Å². The SMILES string of the molecule is C=C(C)C(=O)OCCOc1ccc(SOc2ccc(N)cc2Cl)cc1. The molecule has 132 valence electrons. The summed E-state index contributed by atoms with van der Waals surface area (Å²) in [6.45, 7) is 5.54. The number of nitrogens with two attached hydrogens (primary N) is 1. The minimum absolute atomic E-state index is 0.168. The summed E-state index contributed by atoms with van der Waals surface area (Å²) in [5, 5.41) is 0.455. The van der Waals surface area contributed by atoms with Gasteiger partial charge in [0.15, 0.2) is 5.75 Å². The number of hydrogen-bond donors (Lipinski definition) is 1. The Morgan fingerprint density at radius 2 is 1.92 bits per heavy atom. The van der Waals surface area contributed by atoms with Crippen LogP contribution in [0.5, 0.6) is 11.5 Å². The number of anilines is 1. The molecule has 0 heterocycles. The van der Waals surface area contributed by atoms with Crippen molar-refractivity contribution in [3.05, 3.63) is 59.6 Å². The van der Waals surface area contributed by atoms with Gasteiger partial charge < -0.3 is 19.4 Å². The van der Waals surface area contributed by atoms with Crippen LogP contribution in [0.4, 0.5) is 5.69 Å². The number of nitrogen functional groups attached to an aromatic ring is 1. The summed E-state index contributed by atoms with van der Waals surface area (Å²) < 4.78 is 16.0. The summed E-state index contributed by atoms with van der Waals surface area (Å²) in [5.74, 6) is 0.788. The second kappa shape index (κ2) is 9.25. The predicted molar refractivity (Wildman–Crippen MR) is 100 cm³/mol. The predicted octanol–water partition coefficient (Wildman–Crippen LogP) is 4.51. The first-order chi connectivity index (χ1) is 12.0. The van der Waals surface area contributed by atoms with Gasteiger partial charge in [0, 0.05) is 16.2 Å². The highest BCUT2D eigenvalue weighted by Gasteiger charge is 2.05. The van der Waals surface area contributed by atoms with E-state index in [1.165, 1.54) is 12.0 Å². The molecule has 0 unspecified atom stereocenters. The summed E-state index contributed by atoms with van der Waals surface area (Å²) in [7, 11) is 0. The molecule has 0 atom stereocenters. The van der Waals surface area contributed by atoms with Crippen LogP contribution in [0.15, 0.2) is 59.5 Å². The normalized spacial score (nSPS) is 10.2. The Morgan fingerprint density at radius 1 is 1.20 bits per heavy atom. The highest BCUT2D eigenvalue weighted by Crippen LogP contribution is 2.32. The molecule has 25 heavy (non-hydrogen) atoms. The van der Waals surface area contributed by atoms with E-state index < -0.39 is 5.97 Å². The summed E-state index contributed by atoms with van der Waals surface area (Å²) in [6, 6.07) is 12.4. The maximum absolute atomic E-state index is 11.2. The van der Waals surface area contributed by atoms with Gasteiger partial charge in [0.2, 0.25) is 0 Å². The van der Waals surface area contributed by atoms with Crippen molar-refractivity contribution in [3.63, 3.8) is 0 Å². The Kier molecular flexibility index (Phi) is 7.03. The molecule has 0 bridgehead atoms. The van der Waals surface area contributed by atoms with E-state index in [-0.39, 0.29) is 13.2 Å². The number of rotatable bonds is 8. The van der Waals surface area contributed by atoms with E-state index in [4.69, 9.17) is 31.0 Å². The van der Waals surface area contributed by atoms with Crippen LogP contribution >= 0.6 is 23.6 Å². The molecule has 0 fully saturated rings. The lowest BCUT2D eigenvalue weighted by atomic mass is 10.3. The summed E-state index contributed by atoms with van der Waals surface area (Å²) in [5.41, 5.74) is 6.58. The first-order valence-electron chi connectivity index (χ1n) is 7.41. The van der Waals surface area contributed by atoms with Gasteiger partial charge >= 0.3 is 5.97 Å². The number of ether oxygens (including phenoxy) is 2. The number of benzene rings is 2. The Bertz CT molecular complexity index is 749. The van der Waals surface area contributed by atoms with E-state index in [2.05, 4.69) is 6.58 Å². The quantitative estimate of drug-likeness (QED) is 0.239. The largest absolute Gasteiger partial charge is 0.490 e. The van der Waals surface area contributed by atoms with E-state index >= 15 is 0 Å². The van der Waals surface area contributed by atoms with Crippen LogP contribution < -0.4 is 14.7 Å². The zero-order valence-electron chi connectivity index (χ0n) is 13.7. The minimum Gasteiger partial charge on any atom is -0.490 e. The molecular weight excluding hydrogens is 362 g/mol. The average molecular weight is 380 g/mol. The van der Waals surface area contributed by atoms with Gasteiger partial charge in [-0.05, 0) is 49.4 Å². The first kappa shape index (κ1) is 19.0. The van der Waals surface area contributed by atoms with Crippen molar-refractivity contribution in [2.45, 2.75) is 11.8 Å². The number of carbonyl (C=O) groups excluding carboxylic acids is 1. The van der Waals surface area contributed by atoms with Crippen molar-refractivity contribution in [1.82, 2.24) is 0 Å². The van der Waals surface area contributed by atoms with Crippen LogP contribution in [0.2, 0.25) is 5.02 Å². The smallest absolute Gasteiger partial charge is 0.333 e. The van der Waals surface area contributed by atoms with Gasteiger partial charge in [-0.2, -0.15) is 0 Å². The van der Waals surface area contributed by atoms with Crippen molar-refractivity contribution >= 4 is 35.3 Å². The number of hydrogen-bond acceptors (Lipinski definition) is 6. The Balaban J connectivity index is 1.77. The molecule has 0 aliphatic rings.